The summed E-state index contributed by atoms with van der Waals surface area (Å²) in [5, 5.41) is 3.54. The standard InChI is InChI=1S/C18H22BrNO/c1-3-11-21-18-9-7-16(8-10-18)14(2)20-13-15-5-4-6-17(19)12-15/h4-10,12,14,20H,3,11,13H2,1-2H3. The molecule has 1 atom stereocenters. The molecule has 2 rings (SSSR count). The summed E-state index contributed by atoms with van der Waals surface area (Å²) >= 11 is 3.50. The van der Waals surface area contributed by atoms with Gasteiger partial charge < -0.3 is 10.1 Å². The third-order valence-corrected chi connectivity index (χ3v) is 3.85. The molecule has 0 saturated heterocycles. The second-order valence-electron chi connectivity index (χ2n) is 5.15. The number of hydrogen-bond acceptors (Lipinski definition) is 2. The monoisotopic (exact) mass is 347 g/mol. The Morgan fingerprint density at radius 1 is 1.14 bits per heavy atom. The number of hydrogen-bond donors (Lipinski definition) is 1. The van der Waals surface area contributed by atoms with E-state index in [9.17, 15) is 0 Å². The van der Waals surface area contributed by atoms with Crippen LogP contribution in [0.15, 0.2) is 53.0 Å². The van der Waals surface area contributed by atoms with Crippen molar-refractivity contribution >= 4 is 15.9 Å². The van der Waals surface area contributed by atoms with Gasteiger partial charge in [0.1, 0.15) is 5.75 Å². The fourth-order valence-electron chi connectivity index (χ4n) is 2.11. The lowest BCUT2D eigenvalue weighted by molar-refractivity contribution is 0.317. The van der Waals surface area contributed by atoms with E-state index in [0.29, 0.717) is 6.04 Å². The number of rotatable bonds is 7. The zero-order valence-electron chi connectivity index (χ0n) is 12.6. The molecule has 0 amide bonds. The van der Waals surface area contributed by atoms with Gasteiger partial charge in [-0.3, -0.25) is 0 Å². The second kappa shape index (κ2) is 8.20. The minimum absolute atomic E-state index is 0.309. The molecule has 2 aromatic carbocycles. The van der Waals surface area contributed by atoms with Crippen LogP contribution in [0.25, 0.3) is 0 Å². The first-order valence-electron chi connectivity index (χ1n) is 7.39. The molecule has 1 unspecified atom stereocenters. The van der Waals surface area contributed by atoms with E-state index in [1.54, 1.807) is 0 Å². The first kappa shape index (κ1) is 16.1. The van der Waals surface area contributed by atoms with Gasteiger partial charge in [0.05, 0.1) is 6.61 Å². The van der Waals surface area contributed by atoms with E-state index in [2.05, 4.69) is 65.4 Å². The van der Waals surface area contributed by atoms with E-state index in [-0.39, 0.29) is 0 Å². The summed E-state index contributed by atoms with van der Waals surface area (Å²) in [6, 6.07) is 17.0. The van der Waals surface area contributed by atoms with Crippen LogP contribution in [0.4, 0.5) is 0 Å². The molecule has 3 heteroatoms. The number of benzene rings is 2. The van der Waals surface area contributed by atoms with Gasteiger partial charge in [-0.05, 0) is 48.7 Å². The van der Waals surface area contributed by atoms with Gasteiger partial charge in [0.25, 0.3) is 0 Å². The van der Waals surface area contributed by atoms with Crippen LogP contribution >= 0.6 is 15.9 Å². The lowest BCUT2D eigenvalue weighted by atomic mass is 10.1. The number of ether oxygens (including phenoxy) is 1. The molecule has 0 fully saturated rings. The summed E-state index contributed by atoms with van der Waals surface area (Å²) in [5.41, 5.74) is 2.55. The van der Waals surface area contributed by atoms with Crippen LogP contribution < -0.4 is 10.1 Å². The second-order valence-corrected chi connectivity index (χ2v) is 6.07. The molecule has 0 aliphatic carbocycles. The van der Waals surface area contributed by atoms with Crippen LogP contribution in [0.5, 0.6) is 5.75 Å². The molecule has 2 nitrogen and oxygen atoms in total. The molecule has 0 bridgehead atoms. The lowest BCUT2D eigenvalue weighted by Gasteiger charge is -2.15. The highest BCUT2D eigenvalue weighted by atomic mass is 79.9. The van der Waals surface area contributed by atoms with Crippen molar-refractivity contribution in [2.45, 2.75) is 32.9 Å². The quantitative estimate of drug-likeness (QED) is 0.753. The summed E-state index contributed by atoms with van der Waals surface area (Å²) in [4.78, 5) is 0. The Labute approximate surface area is 135 Å². The Morgan fingerprint density at radius 3 is 2.57 bits per heavy atom. The van der Waals surface area contributed by atoms with Gasteiger partial charge in [0, 0.05) is 17.1 Å². The molecule has 0 spiro atoms. The zero-order chi connectivity index (χ0) is 15.1. The van der Waals surface area contributed by atoms with E-state index >= 15 is 0 Å². The maximum Gasteiger partial charge on any atom is 0.119 e. The van der Waals surface area contributed by atoms with E-state index in [0.717, 1.165) is 29.8 Å². The molecule has 0 aliphatic rings. The predicted molar refractivity (Wildman–Crippen MR) is 91.6 cm³/mol. The van der Waals surface area contributed by atoms with Crippen molar-refractivity contribution in [3.8, 4) is 5.75 Å². The summed E-state index contributed by atoms with van der Waals surface area (Å²) < 4.78 is 6.72. The molecule has 0 radical (unpaired) electrons. The molecular weight excluding hydrogens is 326 g/mol. The Bertz CT molecular complexity index is 553. The topological polar surface area (TPSA) is 21.3 Å². The molecule has 0 saturated carbocycles. The van der Waals surface area contributed by atoms with E-state index in [1.807, 2.05) is 18.2 Å². The van der Waals surface area contributed by atoms with Gasteiger partial charge in [-0.2, -0.15) is 0 Å². The number of halogens is 1. The fraction of sp³-hybridized carbons (Fsp3) is 0.333. The minimum atomic E-state index is 0.309. The summed E-state index contributed by atoms with van der Waals surface area (Å²) in [5.74, 6) is 0.944. The van der Waals surface area contributed by atoms with E-state index < -0.39 is 0 Å². The van der Waals surface area contributed by atoms with Gasteiger partial charge in [0.2, 0.25) is 0 Å². The molecule has 112 valence electrons. The Balaban J connectivity index is 1.89. The highest BCUT2D eigenvalue weighted by Crippen LogP contribution is 2.19. The number of nitrogens with one attached hydrogen (secondary N) is 1. The smallest absolute Gasteiger partial charge is 0.119 e. The highest BCUT2D eigenvalue weighted by molar-refractivity contribution is 9.10. The lowest BCUT2D eigenvalue weighted by Crippen LogP contribution is -2.18. The maximum absolute atomic E-state index is 5.61. The van der Waals surface area contributed by atoms with Crippen LogP contribution in [-0.4, -0.2) is 6.61 Å². The van der Waals surface area contributed by atoms with E-state index in [1.165, 1.54) is 11.1 Å². The Kier molecular flexibility index (Phi) is 6.27. The minimum Gasteiger partial charge on any atom is -0.494 e. The summed E-state index contributed by atoms with van der Waals surface area (Å²) in [6.45, 7) is 5.92. The van der Waals surface area contributed by atoms with Crippen molar-refractivity contribution in [3.63, 3.8) is 0 Å². The Hall–Kier alpha value is -1.32. The molecule has 21 heavy (non-hydrogen) atoms. The van der Waals surface area contributed by atoms with Gasteiger partial charge >= 0.3 is 0 Å². The summed E-state index contributed by atoms with van der Waals surface area (Å²) in [7, 11) is 0. The van der Waals surface area contributed by atoms with Crippen molar-refractivity contribution < 1.29 is 4.74 Å². The van der Waals surface area contributed by atoms with Gasteiger partial charge in [-0.25, -0.2) is 0 Å². The van der Waals surface area contributed by atoms with E-state index in [4.69, 9.17) is 4.74 Å². The average Bonchev–Trinajstić information content (AvgIpc) is 2.51. The van der Waals surface area contributed by atoms with Gasteiger partial charge in [0.15, 0.2) is 0 Å². The first-order valence-corrected chi connectivity index (χ1v) is 8.19. The molecule has 2 aromatic rings. The van der Waals surface area contributed by atoms with Crippen LogP contribution in [0.1, 0.15) is 37.4 Å². The van der Waals surface area contributed by atoms with Crippen molar-refractivity contribution in [2.24, 2.45) is 0 Å². The maximum atomic E-state index is 5.61. The Morgan fingerprint density at radius 2 is 1.90 bits per heavy atom. The van der Waals surface area contributed by atoms with Crippen molar-refractivity contribution in [1.29, 1.82) is 0 Å². The average molecular weight is 348 g/mol. The van der Waals surface area contributed by atoms with Crippen molar-refractivity contribution in [2.75, 3.05) is 6.61 Å². The summed E-state index contributed by atoms with van der Waals surface area (Å²) in [6.07, 6.45) is 1.03. The zero-order valence-corrected chi connectivity index (χ0v) is 14.2. The third-order valence-electron chi connectivity index (χ3n) is 3.35. The molecule has 0 aromatic heterocycles. The molecule has 1 N–H and O–H groups in total. The fourth-order valence-corrected chi connectivity index (χ4v) is 2.56. The SMILES string of the molecule is CCCOc1ccc(C(C)NCc2cccc(Br)c2)cc1. The van der Waals surface area contributed by atoms with Crippen molar-refractivity contribution in [1.82, 2.24) is 5.32 Å². The molecule has 0 aliphatic heterocycles. The van der Waals surface area contributed by atoms with Crippen molar-refractivity contribution in [3.05, 3.63) is 64.1 Å². The molecule has 0 heterocycles. The molecular formula is C18H22BrNO. The van der Waals surface area contributed by atoms with Gasteiger partial charge in [-0.15, -0.1) is 0 Å². The first-order chi connectivity index (χ1) is 10.2. The predicted octanol–water partition coefficient (Wildman–Crippen LogP) is 5.09. The van der Waals surface area contributed by atoms with Crippen LogP contribution in [0.3, 0.4) is 0 Å². The van der Waals surface area contributed by atoms with Crippen LogP contribution in [-0.2, 0) is 6.54 Å². The van der Waals surface area contributed by atoms with Crippen LogP contribution in [0.2, 0.25) is 0 Å². The normalized spacial score (nSPS) is 12.1. The third kappa shape index (κ3) is 5.18. The largest absolute Gasteiger partial charge is 0.494 e. The highest BCUT2D eigenvalue weighted by Gasteiger charge is 2.05. The van der Waals surface area contributed by atoms with Gasteiger partial charge in [-0.1, -0.05) is 47.1 Å². The van der Waals surface area contributed by atoms with Crippen LogP contribution in [0, 0.1) is 0 Å².